The molecule has 1 unspecified atom stereocenters. The van der Waals surface area contributed by atoms with Crippen LogP contribution in [0.1, 0.15) is 18.1 Å². The van der Waals surface area contributed by atoms with Crippen LogP contribution in [0.2, 0.25) is 0 Å². The molecule has 1 nitrogen and oxygen atoms in total. The van der Waals surface area contributed by atoms with Crippen LogP contribution in [0, 0.1) is 5.82 Å². The summed E-state index contributed by atoms with van der Waals surface area (Å²) in [7, 11) is 0.808. The molecule has 0 aromatic heterocycles. The number of hydrogen-bond donors (Lipinski definition) is 0. The van der Waals surface area contributed by atoms with Crippen molar-refractivity contribution in [3.8, 4) is 0 Å². The molecule has 1 rings (SSSR count). The zero-order valence-corrected chi connectivity index (χ0v) is 10.5. The topological polar surface area (TPSA) is 9.23 Å². The molecular formula is C12H10F8O. The molecule has 0 aliphatic carbocycles. The van der Waals surface area contributed by atoms with E-state index < -0.39 is 36.4 Å². The van der Waals surface area contributed by atoms with Gasteiger partial charge >= 0.3 is 18.0 Å². The van der Waals surface area contributed by atoms with Crippen LogP contribution < -0.4 is 0 Å². The van der Waals surface area contributed by atoms with Gasteiger partial charge in [-0.1, -0.05) is 12.1 Å². The van der Waals surface area contributed by atoms with Crippen LogP contribution in [0.4, 0.5) is 35.1 Å². The predicted molar refractivity (Wildman–Crippen MR) is 56.7 cm³/mol. The van der Waals surface area contributed by atoms with Crippen LogP contribution in [-0.2, 0) is 4.74 Å². The second-order valence-corrected chi connectivity index (χ2v) is 4.28. The first kappa shape index (κ1) is 17.7. The molecule has 0 heterocycles. The summed E-state index contributed by atoms with van der Waals surface area (Å²) in [6.45, 7) is 0. The molecule has 21 heavy (non-hydrogen) atoms. The summed E-state index contributed by atoms with van der Waals surface area (Å²) in [4.78, 5) is 0. The maximum absolute atomic E-state index is 13.6. The van der Waals surface area contributed by atoms with Crippen molar-refractivity contribution in [2.75, 3.05) is 7.11 Å². The molecule has 1 aromatic carbocycles. The third-order valence-corrected chi connectivity index (χ3v) is 2.87. The molecule has 0 N–H and O–H groups in total. The number of hydrogen-bond acceptors (Lipinski definition) is 1. The molecule has 0 saturated heterocycles. The maximum Gasteiger partial charge on any atom is 0.431 e. The molecule has 9 heteroatoms. The van der Waals surface area contributed by atoms with Crippen molar-refractivity contribution in [3.63, 3.8) is 0 Å². The van der Waals surface area contributed by atoms with Crippen molar-refractivity contribution >= 4 is 0 Å². The van der Waals surface area contributed by atoms with Crippen molar-refractivity contribution in [1.82, 2.24) is 0 Å². The highest BCUT2D eigenvalue weighted by atomic mass is 19.4. The molecule has 0 aliphatic rings. The van der Waals surface area contributed by atoms with Crippen molar-refractivity contribution in [1.29, 1.82) is 0 Å². The van der Waals surface area contributed by atoms with Crippen molar-refractivity contribution in [2.24, 2.45) is 0 Å². The summed E-state index contributed by atoms with van der Waals surface area (Å²) in [6.07, 6.45) is -16.3. The maximum atomic E-state index is 13.6. The van der Waals surface area contributed by atoms with Gasteiger partial charge in [-0.05, 0) is 17.7 Å². The Bertz CT molecular complexity index is 465. The number of ether oxygens (including phenoxy) is 1. The van der Waals surface area contributed by atoms with E-state index >= 15 is 0 Å². The first-order chi connectivity index (χ1) is 9.42. The lowest BCUT2D eigenvalue weighted by atomic mass is 9.92. The molecule has 0 aliphatic heterocycles. The Kier molecular flexibility index (Phi) is 4.87. The number of halogens is 8. The van der Waals surface area contributed by atoms with Crippen molar-refractivity contribution in [3.05, 3.63) is 35.6 Å². The molecule has 1 atom stereocenters. The Balaban J connectivity index is 3.18. The standard InChI is InChI=1S/C12H10F8O/c1-21-9(7-3-2-4-8(13)5-7)6-10(14,11(15,16)17)12(18,19)20/h2-5,9H,6H2,1H3. The Morgan fingerprint density at radius 1 is 1.00 bits per heavy atom. The van der Waals surface area contributed by atoms with E-state index in [1.54, 1.807) is 0 Å². The molecule has 120 valence electrons. The fourth-order valence-corrected chi connectivity index (χ4v) is 1.69. The molecule has 0 saturated carbocycles. The average molecular weight is 322 g/mol. The summed E-state index contributed by atoms with van der Waals surface area (Å²) in [5.74, 6) is -0.891. The summed E-state index contributed by atoms with van der Waals surface area (Å²) in [5.41, 5.74) is -5.78. The van der Waals surface area contributed by atoms with Gasteiger partial charge in [0.2, 0.25) is 0 Å². The van der Waals surface area contributed by atoms with E-state index in [1.807, 2.05) is 0 Å². The van der Waals surface area contributed by atoms with Gasteiger partial charge in [-0.3, -0.25) is 0 Å². The lowest BCUT2D eigenvalue weighted by Crippen LogP contribution is -2.54. The normalized spacial score (nSPS) is 15.1. The van der Waals surface area contributed by atoms with Crippen LogP contribution in [0.5, 0.6) is 0 Å². The van der Waals surface area contributed by atoms with Gasteiger partial charge in [0.1, 0.15) is 5.82 Å². The van der Waals surface area contributed by atoms with Gasteiger partial charge in [0.25, 0.3) is 0 Å². The Morgan fingerprint density at radius 3 is 1.90 bits per heavy atom. The van der Waals surface area contributed by atoms with Gasteiger partial charge < -0.3 is 4.74 Å². The number of alkyl halides is 7. The van der Waals surface area contributed by atoms with Crippen molar-refractivity contribution in [2.45, 2.75) is 30.5 Å². The zero-order chi connectivity index (χ0) is 16.5. The number of benzene rings is 1. The lowest BCUT2D eigenvalue weighted by molar-refractivity contribution is -0.348. The smallest absolute Gasteiger partial charge is 0.377 e. The van der Waals surface area contributed by atoms with Crippen LogP contribution in [0.15, 0.2) is 24.3 Å². The third kappa shape index (κ3) is 3.63. The Labute approximate surface area is 114 Å². The van der Waals surface area contributed by atoms with Gasteiger partial charge in [0, 0.05) is 13.5 Å². The molecular weight excluding hydrogens is 312 g/mol. The predicted octanol–water partition coefficient (Wildman–Crippen LogP) is 4.74. The Morgan fingerprint density at radius 2 is 1.52 bits per heavy atom. The van der Waals surface area contributed by atoms with Crippen LogP contribution >= 0.6 is 0 Å². The summed E-state index contributed by atoms with van der Waals surface area (Å²) >= 11 is 0. The zero-order valence-electron chi connectivity index (χ0n) is 10.5. The van der Waals surface area contributed by atoms with Gasteiger partial charge in [0.05, 0.1) is 6.10 Å². The van der Waals surface area contributed by atoms with E-state index in [0.29, 0.717) is 6.07 Å². The van der Waals surface area contributed by atoms with Gasteiger partial charge in [0.15, 0.2) is 0 Å². The highest BCUT2D eigenvalue weighted by molar-refractivity contribution is 5.20. The van der Waals surface area contributed by atoms with Crippen LogP contribution in [0.25, 0.3) is 0 Å². The molecule has 0 amide bonds. The number of rotatable bonds is 4. The quantitative estimate of drug-likeness (QED) is 0.728. The van der Waals surface area contributed by atoms with E-state index in [9.17, 15) is 35.1 Å². The van der Waals surface area contributed by atoms with Gasteiger partial charge in [-0.15, -0.1) is 0 Å². The van der Waals surface area contributed by atoms with E-state index in [-0.39, 0.29) is 5.56 Å². The first-order valence-corrected chi connectivity index (χ1v) is 5.53. The molecule has 1 aromatic rings. The lowest BCUT2D eigenvalue weighted by Gasteiger charge is -2.32. The second kappa shape index (κ2) is 5.78. The third-order valence-electron chi connectivity index (χ3n) is 2.87. The molecule has 0 spiro atoms. The van der Waals surface area contributed by atoms with Crippen LogP contribution in [0.3, 0.4) is 0 Å². The second-order valence-electron chi connectivity index (χ2n) is 4.28. The molecule has 0 radical (unpaired) electrons. The Hall–Kier alpha value is -1.38. The van der Waals surface area contributed by atoms with E-state index in [2.05, 4.69) is 4.74 Å². The summed E-state index contributed by atoms with van der Waals surface area (Å²) < 4.78 is 106. The highest BCUT2D eigenvalue weighted by Gasteiger charge is 2.72. The minimum Gasteiger partial charge on any atom is -0.377 e. The summed E-state index contributed by atoms with van der Waals surface area (Å²) in [6, 6.07) is 3.73. The fourth-order valence-electron chi connectivity index (χ4n) is 1.69. The monoisotopic (exact) mass is 322 g/mol. The van der Waals surface area contributed by atoms with Crippen LogP contribution in [-0.4, -0.2) is 25.1 Å². The minimum atomic E-state index is -6.17. The van der Waals surface area contributed by atoms with E-state index in [4.69, 9.17) is 0 Å². The number of methoxy groups -OCH3 is 1. The first-order valence-electron chi connectivity index (χ1n) is 5.53. The van der Waals surface area contributed by atoms with E-state index in [0.717, 1.165) is 25.3 Å². The fraction of sp³-hybridized carbons (Fsp3) is 0.500. The largest absolute Gasteiger partial charge is 0.431 e. The minimum absolute atomic E-state index is 0.326. The SMILES string of the molecule is COC(CC(F)(C(F)(F)F)C(F)(F)F)c1cccc(F)c1. The van der Waals surface area contributed by atoms with E-state index in [1.165, 1.54) is 0 Å². The summed E-state index contributed by atoms with van der Waals surface area (Å²) in [5, 5.41) is 0. The molecule has 0 fully saturated rings. The average Bonchev–Trinajstić information content (AvgIpc) is 2.32. The molecule has 0 bridgehead atoms. The highest BCUT2D eigenvalue weighted by Crippen LogP contribution is 2.51. The van der Waals surface area contributed by atoms with Gasteiger partial charge in [-0.2, -0.15) is 26.3 Å². The van der Waals surface area contributed by atoms with Crippen molar-refractivity contribution < 1.29 is 39.9 Å². The van der Waals surface area contributed by atoms with Gasteiger partial charge in [-0.25, -0.2) is 8.78 Å².